The standard InChI is InChI=1S/C50H78O10S2Si2/c1-11-55-63(56-12-2,57-13-3)33-17-31-61-47(35-49(51)53-37-41-19-23-43(24-20-41)39(7)8)45-27-29-46(30-28-45)48(62-32-18-34-64(58-14-4,59-15-5)60-16-6)36-50(52)54-38-42-21-25-44(26-22-42)40(9)10/h19-30,39-40,47-48H,11-18,31-38H2,1-10H3. The van der Waals surface area contributed by atoms with Crippen LogP contribution in [0.3, 0.4) is 0 Å². The number of benzene rings is 3. The molecule has 2 unspecified atom stereocenters. The Balaban J connectivity index is 1.83. The molecule has 64 heavy (non-hydrogen) atoms. The van der Waals surface area contributed by atoms with Gasteiger partial charge in [0, 0.05) is 62.2 Å². The van der Waals surface area contributed by atoms with E-state index in [1.165, 1.54) is 11.1 Å². The van der Waals surface area contributed by atoms with Crippen molar-refractivity contribution in [2.45, 2.75) is 143 Å². The van der Waals surface area contributed by atoms with Crippen molar-refractivity contribution in [2.75, 3.05) is 51.1 Å². The Bertz CT molecular complexity index is 1570. The number of carbonyl (C=O) groups excluding carboxylic acids is 2. The van der Waals surface area contributed by atoms with Crippen LogP contribution in [0.4, 0.5) is 0 Å². The molecule has 0 spiro atoms. The molecular weight excluding hydrogens is 881 g/mol. The first-order chi connectivity index (χ1) is 30.8. The summed E-state index contributed by atoms with van der Waals surface area (Å²) < 4.78 is 48.4. The van der Waals surface area contributed by atoms with E-state index in [2.05, 4.69) is 76.2 Å². The van der Waals surface area contributed by atoms with Crippen LogP contribution in [0.2, 0.25) is 12.1 Å². The lowest BCUT2D eigenvalue weighted by molar-refractivity contribution is -0.145. The Morgan fingerprint density at radius 2 is 0.734 bits per heavy atom. The molecule has 0 saturated heterocycles. The molecule has 0 amide bonds. The van der Waals surface area contributed by atoms with Crippen LogP contribution in [0.1, 0.15) is 151 Å². The van der Waals surface area contributed by atoms with Crippen LogP contribution in [-0.2, 0) is 58.8 Å². The smallest absolute Gasteiger partial charge is 0.461 e. The molecule has 3 aromatic rings. The lowest BCUT2D eigenvalue weighted by atomic mass is 10.0. The molecule has 0 saturated carbocycles. The van der Waals surface area contributed by atoms with E-state index in [-0.39, 0.29) is 48.5 Å². The highest BCUT2D eigenvalue weighted by atomic mass is 32.2. The fourth-order valence-corrected chi connectivity index (χ4v) is 15.4. The first-order valence-corrected chi connectivity index (χ1v) is 29.5. The maximum Gasteiger partial charge on any atom is 0.500 e. The molecule has 3 aromatic carbocycles. The number of ether oxygens (including phenoxy) is 2. The van der Waals surface area contributed by atoms with Gasteiger partial charge in [0.1, 0.15) is 13.2 Å². The van der Waals surface area contributed by atoms with E-state index in [4.69, 9.17) is 36.0 Å². The zero-order valence-electron chi connectivity index (χ0n) is 40.5. The highest BCUT2D eigenvalue weighted by molar-refractivity contribution is 7.99. The molecule has 0 aromatic heterocycles. The average Bonchev–Trinajstić information content (AvgIpc) is 3.28. The van der Waals surface area contributed by atoms with E-state index >= 15 is 0 Å². The van der Waals surface area contributed by atoms with Gasteiger partial charge in [0.2, 0.25) is 0 Å². The van der Waals surface area contributed by atoms with Gasteiger partial charge in [-0.05, 0) is 111 Å². The van der Waals surface area contributed by atoms with Crippen molar-refractivity contribution in [3.05, 3.63) is 106 Å². The summed E-state index contributed by atoms with van der Waals surface area (Å²) in [5.41, 5.74) is 6.46. The van der Waals surface area contributed by atoms with E-state index < -0.39 is 17.6 Å². The summed E-state index contributed by atoms with van der Waals surface area (Å²) in [6, 6.07) is 26.3. The van der Waals surface area contributed by atoms with Crippen molar-refractivity contribution >= 4 is 53.1 Å². The molecule has 10 nitrogen and oxygen atoms in total. The Morgan fingerprint density at radius 3 is 1.00 bits per heavy atom. The van der Waals surface area contributed by atoms with E-state index in [0.29, 0.717) is 63.6 Å². The van der Waals surface area contributed by atoms with Crippen LogP contribution in [0.15, 0.2) is 72.8 Å². The summed E-state index contributed by atoms with van der Waals surface area (Å²) >= 11 is 3.46. The monoisotopic (exact) mass is 958 g/mol. The normalized spacial score (nSPS) is 13.1. The van der Waals surface area contributed by atoms with Crippen molar-refractivity contribution < 1.29 is 45.6 Å². The molecule has 0 aliphatic rings. The third-order valence-electron chi connectivity index (χ3n) is 10.6. The minimum absolute atomic E-state index is 0.154. The topological polar surface area (TPSA) is 108 Å². The minimum Gasteiger partial charge on any atom is -0.461 e. The van der Waals surface area contributed by atoms with Gasteiger partial charge in [-0.15, -0.1) is 0 Å². The lowest BCUT2D eigenvalue weighted by Crippen LogP contribution is -2.46. The van der Waals surface area contributed by atoms with Gasteiger partial charge in [0.15, 0.2) is 0 Å². The summed E-state index contributed by atoms with van der Waals surface area (Å²) in [6.07, 6.45) is 2.05. The lowest BCUT2D eigenvalue weighted by Gasteiger charge is -2.28. The second kappa shape index (κ2) is 30.7. The molecule has 3 rings (SSSR count). The average molecular weight is 959 g/mol. The summed E-state index contributed by atoms with van der Waals surface area (Å²) in [4.78, 5) is 27.0. The van der Waals surface area contributed by atoms with Crippen molar-refractivity contribution in [1.82, 2.24) is 0 Å². The summed E-state index contributed by atoms with van der Waals surface area (Å²) in [5.74, 6) is 1.91. The summed E-state index contributed by atoms with van der Waals surface area (Å²) in [6.45, 7) is 24.1. The van der Waals surface area contributed by atoms with Crippen LogP contribution in [0, 0.1) is 0 Å². The molecule has 0 radical (unpaired) electrons. The molecule has 0 aliphatic carbocycles. The van der Waals surface area contributed by atoms with Crippen molar-refractivity contribution in [2.24, 2.45) is 0 Å². The predicted molar refractivity (Wildman–Crippen MR) is 267 cm³/mol. The number of thioether (sulfide) groups is 2. The summed E-state index contributed by atoms with van der Waals surface area (Å²) in [7, 11) is -5.62. The Labute approximate surface area is 396 Å². The van der Waals surface area contributed by atoms with Crippen molar-refractivity contribution in [1.29, 1.82) is 0 Å². The van der Waals surface area contributed by atoms with Gasteiger partial charge >= 0.3 is 29.5 Å². The molecule has 0 heterocycles. The highest BCUT2D eigenvalue weighted by Gasteiger charge is 2.40. The van der Waals surface area contributed by atoms with Gasteiger partial charge in [0.25, 0.3) is 0 Å². The Morgan fingerprint density at radius 1 is 0.453 bits per heavy atom. The SMILES string of the molecule is CCO[Si](CCCSC(CC(=O)OCc1ccc(C(C)C)cc1)c1ccc(C(CC(=O)OCc2ccc(C(C)C)cc2)SCCC[Si](OCC)(OCC)OCC)cc1)(OCC)OCC. The molecule has 2 atom stereocenters. The molecule has 14 heteroatoms. The minimum atomic E-state index is -2.81. The van der Waals surface area contributed by atoms with Gasteiger partial charge in [0.05, 0.1) is 12.8 Å². The molecule has 0 bridgehead atoms. The fraction of sp³-hybridized carbons (Fsp3) is 0.600. The summed E-state index contributed by atoms with van der Waals surface area (Å²) in [5, 5.41) is -0.307. The fourth-order valence-electron chi connectivity index (χ4n) is 7.25. The molecule has 0 fully saturated rings. The van der Waals surface area contributed by atoms with Gasteiger partial charge in [-0.2, -0.15) is 23.5 Å². The number of esters is 2. The van der Waals surface area contributed by atoms with Crippen LogP contribution in [-0.4, -0.2) is 80.7 Å². The van der Waals surface area contributed by atoms with Crippen LogP contribution in [0.25, 0.3) is 0 Å². The highest BCUT2D eigenvalue weighted by Crippen LogP contribution is 2.38. The van der Waals surface area contributed by atoms with E-state index in [1.807, 2.05) is 65.8 Å². The second-order valence-corrected chi connectivity index (χ2v) is 24.2. The number of rotatable bonds is 34. The van der Waals surface area contributed by atoms with Crippen LogP contribution >= 0.6 is 23.5 Å². The van der Waals surface area contributed by atoms with Crippen LogP contribution in [0.5, 0.6) is 0 Å². The van der Waals surface area contributed by atoms with E-state index in [1.54, 1.807) is 23.5 Å². The largest absolute Gasteiger partial charge is 0.500 e. The maximum atomic E-state index is 13.5. The van der Waals surface area contributed by atoms with Gasteiger partial charge in [-0.3, -0.25) is 9.59 Å². The number of hydrogen-bond donors (Lipinski definition) is 0. The first kappa shape index (κ1) is 55.8. The van der Waals surface area contributed by atoms with Gasteiger partial charge < -0.3 is 36.0 Å². The van der Waals surface area contributed by atoms with Crippen LogP contribution < -0.4 is 0 Å². The number of carbonyl (C=O) groups is 2. The van der Waals surface area contributed by atoms with Gasteiger partial charge in [-0.1, -0.05) is 100 Å². The first-order valence-electron chi connectivity index (χ1n) is 23.5. The third-order valence-corrected chi connectivity index (χ3v) is 19.6. The molecule has 0 N–H and O–H groups in total. The molecular formula is C50H78O10S2Si2. The van der Waals surface area contributed by atoms with Gasteiger partial charge in [-0.25, -0.2) is 0 Å². The maximum absolute atomic E-state index is 13.5. The number of hydrogen-bond acceptors (Lipinski definition) is 12. The van der Waals surface area contributed by atoms with Crippen molar-refractivity contribution in [3.63, 3.8) is 0 Å². The molecule has 0 aliphatic heterocycles. The van der Waals surface area contributed by atoms with E-state index in [9.17, 15) is 9.59 Å². The third kappa shape index (κ3) is 19.8. The van der Waals surface area contributed by atoms with E-state index in [0.717, 1.165) is 46.6 Å². The second-order valence-electron chi connectivity index (χ2n) is 16.1. The Kier molecular flexibility index (Phi) is 26.8. The Hall–Kier alpha value is -2.51. The zero-order valence-corrected chi connectivity index (χ0v) is 44.1. The molecule has 358 valence electrons. The quantitative estimate of drug-likeness (QED) is 0.0323. The zero-order chi connectivity index (χ0) is 46.8. The predicted octanol–water partition coefficient (Wildman–Crippen LogP) is 12.6. The van der Waals surface area contributed by atoms with Crippen molar-refractivity contribution in [3.8, 4) is 0 Å².